The summed E-state index contributed by atoms with van der Waals surface area (Å²) in [4.78, 5) is 29.4. The average molecular weight is 214 g/mol. The molecule has 0 saturated carbocycles. The maximum atomic E-state index is 11.5. The highest BCUT2D eigenvalue weighted by atomic mass is 16.2. The number of nitrogens with zero attached hydrogens (tertiary/aromatic N) is 4. The molecule has 0 aromatic heterocycles. The molecule has 1 fully saturated rings. The van der Waals surface area contributed by atoms with Gasteiger partial charge in [-0.1, -0.05) is 0 Å². The summed E-state index contributed by atoms with van der Waals surface area (Å²) in [5.41, 5.74) is 0. The Morgan fingerprint density at radius 3 is 2.33 bits per heavy atom. The van der Waals surface area contributed by atoms with Crippen LogP contribution in [-0.4, -0.2) is 79.6 Å². The van der Waals surface area contributed by atoms with E-state index in [9.17, 15) is 9.59 Å². The van der Waals surface area contributed by atoms with E-state index in [2.05, 4.69) is 0 Å². The van der Waals surface area contributed by atoms with Gasteiger partial charge >= 0.3 is 12.1 Å². The van der Waals surface area contributed by atoms with E-state index in [1.807, 2.05) is 0 Å². The first-order valence-corrected chi connectivity index (χ1v) is 4.86. The molecule has 6 heteroatoms. The first kappa shape index (κ1) is 11.6. The molecule has 1 saturated heterocycles. The Morgan fingerprint density at radius 2 is 1.93 bits per heavy atom. The largest absolute Gasteiger partial charge is 0.331 e. The van der Waals surface area contributed by atoms with Crippen LogP contribution in [0.5, 0.6) is 0 Å². The van der Waals surface area contributed by atoms with Crippen molar-refractivity contribution in [3.05, 3.63) is 0 Å². The van der Waals surface area contributed by atoms with Gasteiger partial charge in [-0.3, -0.25) is 0 Å². The lowest BCUT2D eigenvalue weighted by molar-refractivity contribution is 0.148. The van der Waals surface area contributed by atoms with Crippen molar-refractivity contribution in [2.24, 2.45) is 0 Å². The van der Waals surface area contributed by atoms with E-state index in [1.165, 1.54) is 9.80 Å². The second kappa shape index (κ2) is 4.37. The van der Waals surface area contributed by atoms with Gasteiger partial charge in [0.05, 0.1) is 6.67 Å². The Kier molecular flexibility index (Phi) is 3.39. The molecule has 0 aromatic rings. The van der Waals surface area contributed by atoms with Crippen molar-refractivity contribution in [3.63, 3.8) is 0 Å². The number of hydrogen-bond acceptors (Lipinski definition) is 2. The standard InChI is InChI=1S/C9H18N4O2/c1-10(2)8(14)12(4)7-13-6-5-11(3)9(13)15/h5-7H2,1-4H3. The molecule has 0 N–H and O–H groups in total. The van der Waals surface area contributed by atoms with Gasteiger partial charge in [-0.2, -0.15) is 0 Å². The Morgan fingerprint density at radius 1 is 1.33 bits per heavy atom. The molecule has 86 valence electrons. The fraction of sp³-hybridized carbons (Fsp3) is 0.778. The van der Waals surface area contributed by atoms with Crippen LogP contribution in [0, 0.1) is 0 Å². The summed E-state index contributed by atoms with van der Waals surface area (Å²) in [6.45, 7) is 1.75. The van der Waals surface area contributed by atoms with Crippen LogP contribution >= 0.6 is 0 Å². The quantitative estimate of drug-likeness (QED) is 0.645. The van der Waals surface area contributed by atoms with Gasteiger partial charge in [0.25, 0.3) is 0 Å². The zero-order chi connectivity index (χ0) is 11.6. The highest BCUT2D eigenvalue weighted by Gasteiger charge is 2.27. The van der Waals surface area contributed by atoms with Crippen LogP contribution in [0.25, 0.3) is 0 Å². The molecule has 0 unspecified atom stereocenters. The molecular formula is C9H18N4O2. The van der Waals surface area contributed by atoms with Gasteiger partial charge in [-0.25, -0.2) is 9.59 Å². The molecule has 0 bridgehead atoms. The minimum atomic E-state index is -0.0997. The van der Waals surface area contributed by atoms with Crippen molar-refractivity contribution < 1.29 is 9.59 Å². The molecule has 1 aliphatic heterocycles. The molecule has 0 atom stereocenters. The number of rotatable bonds is 2. The molecule has 1 rings (SSSR count). The fourth-order valence-corrected chi connectivity index (χ4v) is 1.49. The molecular weight excluding hydrogens is 196 g/mol. The molecule has 1 heterocycles. The summed E-state index contributed by atoms with van der Waals surface area (Å²) < 4.78 is 0. The third-order valence-corrected chi connectivity index (χ3v) is 2.39. The predicted octanol–water partition coefficient (Wildman–Crippen LogP) is -0.0753. The van der Waals surface area contributed by atoms with E-state index in [4.69, 9.17) is 0 Å². The number of likely N-dealkylation sites (N-methyl/N-ethyl adjacent to an activating group) is 1. The average Bonchev–Trinajstić information content (AvgIpc) is 2.48. The lowest BCUT2D eigenvalue weighted by Crippen LogP contribution is -2.44. The van der Waals surface area contributed by atoms with Gasteiger partial charge in [0.2, 0.25) is 0 Å². The number of urea groups is 2. The molecule has 0 aromatic carbocycles. The van der Waals surface area contributed by atoms with Crippen molar-refractivity contribution >= 4 is 12.1 Å². The molecule has 0 spiro atoms. The highest BCUT2D eigenvalue weighted by molar-refractivity contribution is 5.77. The Hall–Kier alpha value is -1.46. The van der Waals surface area contributed by atoms with Gasteiger partial charge in [0, 0.05) is 41.3 Å². The molecule has 1 aliphatic rings. The van der Waals surface area contributed by atoms with E-state index in [0.717, 1.165) is 6.54 Å². The summed E-state index contributed by atoms with van der Waals surface area (Å²) in [7, 11) is 6.83. The molecule has 0 radical (unpaired) electrons. The monoisotopic (exact) mass is 214 g/mol. The van der Waals surface area contributed by atoms with E-state index in [0.29, 0.717) is 13.2 Å². The maximum absolute atomic E-state index is 11.5. The maximum Gasteiger partial charge on any atom is 0.321 e. The minimum absolute atomic E-state index is 0.0200. The molecule has 6 nitrogen and oxygen atoms in total. The van der Waals surface area contributed by atoms with Crippen molar-refractivity contribution in [2.75, 3.05) is 47.9 Å². The zero-order valence-corrected chi connectivity index (χ0v) is 9.73. The van der Waals surface area contributed by atoms with Crippen LogP contribution in [0.2, 0.25) is 0 Å². The van der Waals surface area contributed by atoms with Crippen LogP contribution in [-0.2, 0) is 0 Å². The minimum Gasteiger partial charge on any atom is -0.331 e. The number of hydrogen-bond donors (Lipinski definition) is 0. The topological polar surface area (TPSA) is 47.1 Å². The third kappa shape index (κ3) is 2.51. The second-order valence-electron chi connectivity index (χ2n) is 3.98. The van der Waals surface area contributed by atoms with E-state index < -0.39 is 0 Å². The summed E-state index contributed by atoms with van der Waals surface area (Å²) in [5.74, 6) is 0. The Balaban J connectivity index is 2.49. The van der Waals surface area contributed by atoms with Crippen LogP contribution in [0.1, 0.15) is 0 Å². The SMILES string of the molecule is CN(C)C(=O)N(C)CN1CCN(C)C1=O. The van der Waals surface area contributed by atoms with Crippen molar-refractivity contribution in [1.29, 1.82) is 0 Å². The van der Waals surface area contributed by atoms with Crippen molar-refractivity contribution in [3.8, 4) is 0 Å². The molecule has 4 amide bonds. The van der Waals surface area contributed by atoms with E-state index in [1.54, 1.807) is 38.0 Å². The summed E-state index contributed by atoms with van der Waals surface area (Å²) in [6.07, 6.45) is 0. The van der Waals surface area contributed by atoms with Gasteiger partial charge < -0.3 is 19.6 Å². The van der Waals surface area contributed by atoms with Gasteiger partial charge in [-0.05, 0) is 0 Å². The van der Waals surface area contributed by atoms with Crippen LogP contribution < -0.4 is 0 Å². The van der Waals surface area contributed by atoms with E-state index in [-0.39, 0.29) is 12.1 Å². The zero-order valence-electron chi connectivity index (χ0n) is 9.73. The lowest BCUT2D eigenvalue weighted by atomic mass is 10.6. The molecule has 0 aliphatic carbocycles. The van der Waals surface area contributed by atoms with Gasteiger partial charge in [0.1, 0.15) is 0 Å². The van der Waals surface area contributed by atoms with E-state index >= 15 is 0 Å². The fourth-order valence-electron chi connectivity index (χ4n) is 1.49. The van der Waals surface area contributed by atoms with Crippen molar-refractivity contribution in [2.45, 2.75) is 0 Å². The van der Waals surface area contributed by atoms with Crippen LogP contribution in [0.4, 0.5) is 9.59 Å². The third-order valence-electron chi connectivity index (χ3n) is 2.39. The summed E-state index contributed by atoms with van der Waals surface area (Å²) >= 11 is 0. The first-order chi connectivity index (χ1) is 6.93. The number of carbonyl (C=O) groups excluding carboxylic acids is 2. The number of carbonyl (C=O) groups is 2. The van der Waals surface area contributed by atoms with Crippen LogP contribution in [0.15, 0.2) is 0 Å². The summed E-state index contributed by atoms with van der Waals surface area (Å²) in [6, 6.07) is -0.120. The Labute approximate surface area is 90.0 Å². The van der Waals surface area contributed by atoms with Crippen LogP contribution in [0.3, 0.4) is 0 Å². The lowest BCUT2D eigenvalue weighted by Gasteiger charge is -2.26. The molecule has 15 heavy (non-hydrogen) atoms. The highest BCUT2D eigenvalue weighted by Crippen LogP contribution is 2.06. The predicted molar refractivity (Wildman–Crippen MR) is 56.4 cm³/mol. The second-order valence-corrected chi connectivity index (χ2v) is 3.98. The first-order valence-electron chi connectivity index (χ1n) is 4.86. The van der Waals surface area contributed by atoms with Crippen molar-refractivity contribution in [1.82, 2.24) is 19.6 Å². The normalized spacial score (nSPS) is 15.9. The summed E-state index contributed by atoms with van der Waals surface area (Å²) in [5, 5.41) is 0. The van der Waals surface area contributed by atoms with Gasteiger partial charge in [0.15, 0.2) is 0 Å². The van der Waals surface area contributed by atoms with Gasteiger partial charge in [-0.15, -0.1) is 0 Å². The smallest absolute Gasteiger partial charge is 0.321 e. The number of amides is 4. The Bertz CT molecular complexity index is 267.